The van der Waals surface area contributed by atoms with E-state index in [1.54, 1.807) is 9.80 Å². The molecule has 0 aliphatic carbocycles. The van der Waals surface area contributed by atoms with Crippen LogP contribution in [0.15, 0.2) is 0 Å². The number of carbonyl (C=O) groups is 2. The summed E-state index contributed by atoms with van der Waals surface area (Å²) in [6.45, 7) is 5.78. The van der Waals surface area contributed by atoms with Gasteiger partial charge in [-0.2, -0.15) is 0 Å². The molecule has 0 rings (SSSR count). The van der Waals surface area contributed by atoms with E-state index in [0.29, 0.717) is 12.8 Å². The summed E-state index contributed by atoms with van der Waals surface area (Å²) in [7, 11) is 3.62. The number of nitrogens with zero attached hydrogens (tertiary/aromatic N) is 2. The van der Waals surface area contributed by atoms with Gasteiger partial charge in [-0.3, -0.25) is 9.59 Å². The zero-order valence-corrected chi connectivity index (χ0v) is 12.4. The Hall–Kier alpha value is -1.06. The molecule has 0 aliphatic heterocycles. The van der Waals surface area contributed by atoms with Crippen LogP contribution in [0.2, 0.25) is 0 Å². The molecule has 0 fully saturated rings. The largest absolute Gasteiger partial charge is 0.346 e. The highest BCUT2D eigenvalue weighted by molar-refractivity contribution is 5.83. The molecule has 0 atom stereocenters. The zero-order valence-electron chi connectivity index (χ0n) is 12.4. The van der Waals surface area contributed by atoms with Gasteiger partial charge in [0.1, 0.15) is 0 Å². The van der Waals surface area contributed by atoms with Gasteiger partial charge in [-0.05, 0) is 12.8 Å². The zero-order chi connectivity index (χ0) is 14.0. The first-order chi connectivity index (χ1) is 8.52. The lowest BCUT2D eigenvalue weighted by Gasteiger charge is -2.19. The van der Waals surface area contributed by atoms with Gasteiger partial charge in [0.05, 0.1) is 0 Å². The van der Waals surface area contributed by atoms with Crippen molar-refractivity contribution in [3.05, 3.63) is 0 Å². The fraction of sp³-hybridized carbons (Fsp3) is 0.857. The SMILES string of the molecule is CCCCN(C)C(=O)CCC(=O)N(C)CCCC. The summed E-state index contributed by atoms with van der Waals surface area (Å²) in [6.07, 6.45) is 4.86. The van der Waals surface area contributed by atoms with Crippen molar-refractivity contribution in [2.45, 2.75) is 52.4 Å². The van der Waals surface area contributed by atoms with E-state index in [4.69, 9.17) is 0 Å². The molecule has 0 saturated carbocycles. The van der Waals surface area contributed by atoms with E-state index in [2.05, 4.69) is 13.8 Å². The minimum absolute atomic E-state index is 0.0701. The Balaban J connectivity index is 3.86. The highest BCUT2D eigenvalue weighted by Gasteiger charge is 2.13. The molecule has 0 unspecified atom stereocenters. The van der Waals surface area contributed by atoms with Gasteiger partial charge in [0.25, 0.3) is 0 Å². The maximum absolute atomic E-state index is 11.7. The van der Waals surface area contributed by atoms with Crippen LogP contribution >= 0.6 is 0 Å². The average Bonchev–Trinajstić information content (AvgIpc) is 2.38. The highest BCUT2D eigenvalue weighted by Crippen LogP contribution is 2.02. The van der Waals surface area contributed by atoms with Crippen molar-refractivity contribution < 1.29 is 9.59 Å². The van der Waals surface area contributed by atoms with Crippen molar-refractivity contribution >= 4 is 11.8 Å². The van der Waals surface area contributed by atoms with Crippen molar-refractivity contribution in [2.75, 3.05) is 27.2 Å². The van der Waals surface area contributed by atoms with Gasteiger partial charge in [0, 0.05) is 40.0 Å². The molecular formula is C14H28N2O2. The second-order valence-electron chi connectivity index (χ2n) is 4.84. The summed E-state index contributed by atoms with van der Waals surface area (Å²) in [5.41, 5.74) is 0. The van der Waals surface area contributed by atoms with Gasteiger partial charge in [-0.15, -0.1) is 0 Å². The molecule has 18 heavy (non-hydrogen) atoms. The molecule has 106 valence electrons. The van der Waals surface area contributed by atoms with E-state index in [-0.39, 0.29) is 11.8 Å². The Morgan fingerprint density at radius 3 is 1.39 bits per heavy atom. The maximum Gasteiger partial charge on any atom is 0.222 e. The van der Waals surface area contributed by atoms with Crippen LogP contribution in [0.4, 0.5) is 0 Å². The first-order valence-corrected chi connectivity index (χ1v) is 7.00. The fourth-order valence-electron chi connectivity index (χ4n) is 1.64. The second kappa shape index (κ2) is 9.92. The molecule has 0 aromatic rings. The first-order valence-electron chi connectivity index (χ1n) is 7.00. The molecule has 0 spiro atoms. The number of carbonyl (C=O) groups excluding carboxylic acids is 2. The maximum atomic E-state index is 11.7. The smallest absolute Gasteiger partial charge is 0.222 e. The minimum Gasteiger partial charge on any atom is -0.346 e. The predicted octanol–water partition coefficient (Wildman–Crippen LogP) is 2.28. The van der Waals surface area contributed by atoms with Crippen LogP contribution in [0.5, 0.6) is 0 Å². The lowest BCUT2D eigenvalue weighted by Crippen LogP contribution is -2.31. The van der Waals surface area contributed by atoms with E-state index < -0.39 is 0 Å². The van der Waals surface area contributed by atoms with Crippen LogP contribution in [-0.4, -0.2) is 48.8 Å². The van der Waals surface area contributed by atoms with Crippen molar-refractivity contribution in [3.63, 3.8) is 0 Å². The van der Waals surface area contributed by atoms with Crippen LogP contribution in [0.1, 0.15) is 52.4 Å². The number of amides is 2. The van der Waals surface area contributed by atoms with Gasteiger partial charge in [-0.25, -0.2) is 0 Å². The summed E-state index contributed by atoms with van der Waals surface area (Å²) in [4.78, 5) is 26.9. The quantitative estimate of drug-likeness (QED) is 0.635. The molecular weight excluding hydrogens is 228 g/mol. The summed E-state index contributed by atoms with van der Waals surface area (Å²) in [5, 5.41) is 0. The number of unbranched alkanes of at least 4 members (excludes halogenated alkanes) is 2. The van der Waals surface area contributed by atoms with Crippen LogP contribution in [0, 0.1) is 0 Å². The monoisotopic (exact) mass is 256 g/mol. The molecule has 0 heterocycles. The Bertz CT molecular complexity index is 228. The Labute approximate surface area is 111 Å². The first kappa shape index (κ1) is 16.9. The molecule has 0 aromatic carbocycles. The van der Waals surface area contributed by atoms with Gasteiger partial charge < -0.3 is 9.80 Å². The molecule has 0 bridgehead atoms. The van der Waals surface area contributed by atoms with Crippen molar-refractivity contribution in [2.24, 2.45) is 0 Å². The normalized spacial score (nSPS) is 10.2. The summed E-state index contributed by atoms with van der Waals surface area (Å²) < 4.78 is 0. The van der Waals surface area contributed by atoms with Crippen LogP contribution in [0.3, 0.4) is 0 Å². The Morgan fingerprint density at radius 2 is 1.11 bits per heavy atom. The van der Waals surface area contributed by atoms with E-state index in [1.807, 2.05) is 14.1 Å². The summed E-state index contributed by atoms with van der Waals surface area (Å²) in [5.74, 6) is 0.140. The van der Waals surface area contributed by atoms with E-state index in [1.165, 1.54) is 0 Å². The third kappa shape index (κ3) is 7.30. The van der Waals surface area contributed by atoms with Gasteiger partial charge in [0.15, 0.2) is 0 Å². The van der Waals surface area contributed by atoms with E-state index in [9.17, 15) is 9.59 Å². The van der Waals surface area contributed by atoms with E-state index in [0.717, 1.165) is 38.8 Å². The molecule has 0 N–H and O–H groups in total. The number of hydrogen-bond donors (Lipinski definition) is 0. The number of rotatable bonds is 9. The summed E-state index contributed by atoms with van der Waals surface area (Å²) in [6, 6.07) is 0. The standard InChI is InChI=1S/C14H28N2O2/c1-5-7-11-15(3)13(17)9-10-14(18)16(4)12-8-6-2/h5-12H2,1-4H3. The third-order valence-corrected chi connectivity index (χ3v) is 3.10. The van der Waals surface area contributed by atoms with Crippen LogP contribution < -0.4 is 0 Å². The topological polar surface area (TPSA) is 40.6 Å². The lowest BCUT2D eigenvalue weighted by molar-refractivity contribution is -0.135. The summed E-state index contributed by atoms with van der Waals surface area (Å²) >= 11 is 0. The molecule has 0 saturated heterocycles. The molecule has 4 heteroatoms. The number of hydrogen-bond acceptors (Lipinski definition) is 2. The second-order valence-corrected chi connectivity index (χ2v) is 4.84. The third-order valence-electron chi connectivity index (χ3n) is 3.10. The van der Waals surface area contributed by atoms with Gasteiger partial charge in [-0.1, -0.05) is 26.7 Å². The Morgan fingerprint density at radius 1 is 0.778 bits per heavy atom. The molecule has 0 aromatic heterocycles. The van der Waals surface area contributed by atoms with Crippen molar-refractivity contribution in [1.29, 1.82) is 0 Å². The van der Waals surface area contributed by atoms with E-state index >= 15 is 0 Å². The minimum atomic E-state index is 0.0701. The average molecular weight is 256 g/mol. The molecule has 4 nitrogen and oxygen atoms in total. The van der Waals surface area contributed by atoms with Crippen molar-refractivity contribution in [3.8, 4) is 0 Å². The van der Waals surface area contributed by atoms with Gasteiger partial charge >= 0.3 is 0 Å². The van der Waals surface area contributed by atoms with Crippen molar-refractivity contribution in [1.82, 2.24) is 9.80 Å². The highest BCUT2D eigenvalue weighted by atomic mass is 16.2. The fourth-order valence-corrected chi connectivity index (χ4v) is 1.64. The molecule has 2 amide bonds. The molecule has 0 radical (unpaired) electrons. The van der Waals surface area contributed by atoms with Gasteiger partial charge in [0.2, 0.25) is 11.8 Å². The van der Waals surface area contributed by atoms with Crippen LogP contribution in [0.25, 0.3) is 0 Å². The lowest BCUT2D eigenvalue weighted by atomic mass is 10.2. The molecule has 0 aliphatic rings. The predicted molar refractivity (Wildman–Crippen MR) is 74.3 cm³/mol. The van der Waals surface area contributed by atoms with Crippen LogP contribution in [-0.2, 0) is 9.59 Å². The Kier molecular flexibility index (Phi) is 9.33.